The van der Waals surface area contributed by atoms with Crippen LogP contribution in [0.25, 0.3) is 0 Å². The first-order chi connectivity index (χ1) is 9.03. The molecule has 0 spiro atoms. The largest absolute Gasteiger partial charge is 0.279 e. The zero-order valence-corrected chi connectivity index (χ0v) is 13.2. The molecule has 1 heterocycles. The second kappa shape index (κ2) is 6.74. The summed E-state index contributed by atoms with van der Waals surface area (Å²) in [6.07, 6.45) is 6.30. The molecule has 1 saturated heterocycles. The van der Waals surface area contributed by atoms with Gasteiger partial charge in [-0.1, -0.05) is 19.8 Å². The maximum Gasteiger partial charge on any atom is 0.279 e. The average molecular weight is 309 g/mol. The van der Waals surface area contributed by atoms with E-state index < -0.39 is 10.2 Å². The molecule has 0 aromatic heterocycles. The van der Waals surface area contributed by atoms with Crippen LogP contribution in [0.5, 0.6) is 0 Å². The molecule has 2 aliphatic rings. The minimum atomic E-state index is -3.33. The molecule has 3 atom stereocenters. The van der Waals surface area contributed by atoms with Crippen molar-refractivity contribution in [2.75, 3.05) is 19.0 Å². The minimum absolute atomic E-state index is 0.0217. The second-order valence-corrected chi connectivity index (χ2v) is 8.04. The number of piperidine rings is 1. The Morgan fingerprint density at radius 1 is 1.21 bits per heavy atom. The quantitative estimate of drug-likeness (QED) is 0.811. The number of alkyl halides is 1. The Morgan fingerprint density at radius 3 is 2.63 bits per heavy atom. The fraction of sp³-hybridized carbons (Fsp3) is 1.00. The van der Waals surface area contributed by atoms with Crippen LogP contribution in [0.1, 0.15) is 45.4 Å². The van der Waals surface area contributed by atoms with E-state index in [1.54, 1.807) is 4.31 Å². The summed E-state index contributed by atoms with van der Waals surface area (Å²) in [5, 5.41) is 0. The molecule has 4 nitrogen and oxygen atoms in total. The van der Waals surface area contributed by atoms with Crippen molar-refractivity contribution in [3.63, 3.8) is 0 Å². The first-order valence-corrected chi connectivity index (χ1v) is 9.33. The molecule has 0 radical (unpaired) electrons. The van der Waals surface area contributed by atoms with Crippen molar-refractivity contribution in [1.82, 2.24) is 9.03 Å². The Kier molecular flexibility index (Phi) is 5.52. The Hall–Kier alpha value is 0.160. The molecule has 6 heteroatoms. The first-order valence-electron chi connectivity index (χ1n) is 7.36. The Balaban J connectivity index is 1.99. The van der Waals surface area contributed by atoms with Gasteiger partial charge in [-0.2, -0.15) is 17.4 Å². The summed E-state index contributed by atoms with van der Waals surface area (Å²) in [7, 11) is -3.33. The zero-order chi connectivity index (χ0) is 13.9. The highest BCUT2D eigenvalue weighted by Crippen LogP contribution is 2.27. The third-order valence-corrected chi connectivity index (χ3v) is 6.38. The Morgan fingerprint density at radius 2 is 1.95 bits per heavy atom. The van der Waals surface area contributed by atoms with E-state index in [0.29, 0.717) is 24.9 Å². The highest BCUT2D eigenvalue weighted by molar-refractivity contribution is 7.87. The van der Waals surface area contributed by atoms with E-state index in [9.17, 15) is 8.42 Å². The van der Waals surface area contributed by atoms with Gasteiger partial charge >= 0.3 is 0 Å². The van der Waals surface area contributed by atoms with Gasteiger partial charge in [-0.3, -0.25) is 0 Å². The lowest BCUT2D eigenvalue weighted by Crippen LogP contribution is -2.51. The average Bonchev–Trinajstić information content (AvgIpc) is 2.39. The molecular formula is C13H25ClN2O2S. The molecule has 1 saturated carbocycles. The third kappa shape index (κ3) is 4.06. The van der Waals surface area contributed by atoms with E-state index in [-0.39, 0.29) is 12.0 Å². The van der Waals surface area contributed by atoms with Crippen molar-refractivity contribution < 1.29 is 8.42 Å². The van der Waals surface area contributed by atoms with Gasteiger partial charge in [0.15, 0.2) is 0 Å². The van der Waals surface area contributed by atoms with Gasteiger partial charge < -0.3 is 0 Å². The van der Waals surface area contributed by atoms with Crippen molar-refractivity contribution in [2.45, 2.75) is 51.5 Å². The van der Waals surface area contributed by atoms with E-state index in [4.69, 9.17) is 11.6 Å². The molecule has 0 bridgehead atoms. The fourth-order valence-electron chi connectivity index (χ4n) is 3.18. The molecule has 3 unspecified atom stereocenters. The highest BCUT2D eigenvalue weighted by atomic mass is 35.5. The molecule has 0 amide bonds. The Labute approximate surface area is 122 Å². The van der Waals surface area contributed by atoms with Crippen LogP contribution in [-0.4, -0.2) is 37.7 Å². The zero-order valence-electron chi connectivity index (χ0n) is 11.6. The van der Waals surface area contributed by atoms with Gasteiger partial charge in [-0.25, -0.2) is 0 Å². The molecule has 1 N–H and O–H groups in total. The van der Waals surface area contributed by atoms with Crippen LogP contribution in [0.4, 0.5) is 0 Å². The number of hydrogen-bond donors (Lipinski definition) is 1. The van der Waals surface area contributed by atoms with Crippen molar-refractivity contribution >= 4 is 21.8 Å². The smallest absolute Gasteiger partial charge is 0.199 e. The van der Waals surface area contributed by atoms with E-state index >= 15 is 0 Å². The van der Waals surface area contributed by atoms with Crippen molar-refractivity contribution in [2.24, 2.45) is 11.8 Å². The van der Waals surface area contributed by atoms with Gasteiger partial charge in [0, 0.05) is 25.0 Å². The normalized spacial score (nSPS) is 34.3. The summed E-state index contributed by atoms with van der Waals surface area (Å²) in [5.74, 6) is 1.29. The summed E-state index contributed by atoms with van der Waals surface area (Å²) >= 11 is 5.96. The summed E-state index contributed by atoms with van der Waals surface area (Å²) in [4.78, 5) is 0. The number of nitrogens with one attached hydrogen (secondary N) is 1. The van der Waals surface area contributed by atoms with Gasteiger partial charge in [0.2, 0.25) is 0 Å². The molecule has 1 aliphatic carbocycles. The van der Waals surface area contributed by atoms with Crippen molar-refractivity contribution in [3.05, 3.63) is 0 Å². The molecule has 0 aromatic carbocycles. The van der Waals surface area contributed by atoms with Crippen LogP contribution >= 0.6 is 11.6 Å². The number of hydrogen-bond acceptors (Lipinski definition) is 2. The van der Waals surface area contributed by atoms with Crippen LogP contribution in [0.3, 0.4) is 0 Å². The topological polar surface area (TPSA) is 49.4 Å². The summed E-state index contributed by atoms with van der Waals surface area (Å²) in [6, 6.07) is 0.0217. The molecule has 2 fully saturated rings. The number of rotatable bonds is 4. The maximum atomic E-state index is 12.4. The minimum Gasteiger partial charge on any atom is -0.199 e. The van der Waals surface area contributed by atoms with Gasteiger partial charge in [0.25, 0.3) is 10.2 Å². The van der Waals surface area contributed by atoms with Crippen LogP contribution < -0.4 is 4.72 Å². The molecule has 19 heavy (non-hydrogen) atoms. The third-order valence-electron chi connectivity index (χ3n) is 4.37. The first kappa shape index (κ1) is 15.5. The lowest BCUT2D eigenvalue weighted by molar-refractivity contribution is 0.264. The predicted octanol–water partition coefficient (Wildman–Crippen LogP) is 2.35. The van der Waals surface area contributed by atoms with Gasteiger partial charge in [-0.15, -0.1) is 11.6 Å². The fourth-order valence-corrected chi connectivity index (χ4v) is 5.21. The van der Waals surface area contributed by atoms with Crippen LogP contribution in [0.2, 0.25) is 0 Å². The molecular weight excluding hydrogens is 284 g/mol. The van der Waals surface area contributed by atoms with Crippen molar-refractivity contribution in [3.8, 4) is 0 Å². The van der Waals surface area contributed by atoms with E-state index in [1.807, 2.05) is 0 Å². The number of nitrogens with zero attached hydrogens (tertiary/aromatic N) is 1. The van der Waals surface area contributed by atoms with Gasteiger partial charge in [-0.05, 0) is 37.5 Å². The molecule has 0 aromatic rings. The standard InChI is InChI=1S/C13H25ClN2O2S/c1-11-5-4-8-16(10-11)19(17,18)15-13-7-3-2-6-12(13)9-14/h11-13,15H,2-10H2,1H3. The SMILES string of the molecule is CC1CCCN(S(=O)(=O)NC2CCCCC2CCl)C1. The second-order valence-electron chi connectivity index (χ2n) is 6.03. The predicted molar refractivity (Wildman–Crippen MR) is 78.5 cm³/mol. The lowest BCUT2D eigenvalue weighted by atomic mass is 9.86. The van der Waals surface area contributed by atoms with E-state index in [1.165, 1.54) is 0 Å². The number of halogens is 1. The summed E-state index contributed by atoms with van der Waals surface area (Å²) in [6.45, 7) is 3.41. The Bertz CT molecular complexity index is 388. The molecule has 112 valence electrons. The van der Waals surface area contributed by atoms with Crippen molar-refractivity contribution in [1.29, 1.82) is 0 Å². The molecule has 2 rings (SSSR count). The maximum absolute atomic E-state index is 12.4. The summed E-state index contributed by atoms with van der Waals surface area (Å²) < 4.78 is 29.4. The summed E-state index contributed by atoms with van der Waals surface area (Å²) in [5.41, 5.74) is 0. The van der Waals surface area contributed by atoms with Gasteiger partial charge in [0.05, 0.1) is 0 Å². The monoisotopic (exact) mass is 308 g/mol. The van der Waals surface area contributed by atoms with Crippen LogP contribution in [-0.2, 0) is 10.2 Å². The van der Waals surface area contributed by atoms with E-state index in [2.05, 4.69) is 11.6 Å². The van der Waals surface area contributed by atoms with Gasteiger partial charge in [0.1, 0.15) is 0 Å². The van der Waals surface area contributed by atoms with Crippen LogP contribution in [0, 0.1) is 11.8 Å². The van der Waals surface area contributed by atoms with E-state index in [0.717, 1.165) is 38.5 Å². The molecule has 1 aliphatic heterocycles. The highest BCUT2D eigenvalue weighted by Gasteiger charge is 2.32. The lowest BCUT2D eigenvalue weighted by Gasteiger charge is -2.35. The van der Waals surface area contributed by atoms with Crippen LogP contribution in [0.15, 0.2) is 0 Å².